The molecule has 0 aliphatic carbocycles. The van der Waals surface area contributed by atoms with Crippen LogP contribution in [0.4, 0.5) is 0 Å². The first-order valence-electron chi connectivity index (χ1n) is 9.78. The van der Waals surface area contributed by atoms with E-state index in [-0.39, 0.29) is 5.41 Å². The van der Waals surface area contributed by atoms with E-state index >= 15 is 0 Å². The highest BCUT2D eigenvalue weighted by molar-refractivity contribution is 7.98. The third-order valence-corrected chi connectivity index (χ3v) is 8.19. The van der Waals surface area contributed by atoms with Gasteiger partial charge in [-0.3, -0.25) is 0 Å². The molecule has 3 rings (SSSR count). The third kappa shape index (κ3) is 4.61. The molecular formula is C22H30N2O2S2. The lowest BCUT2D eigenvalue weighted by Crippen LogP contribution is -2.27. The maximum atomic E-state index is 12.6. The number of thioether (sulfide) groups is 1. The van der Waals surface area contributed by atoms with Crippen molar-refractivity contribution in [3.63, 3.8) is 0 Å². The van der Waals surface area contributed by atoms with Crippen LogP contribution >= 0.6 is 11.8 Å². The van der Waals surface area contributed by atoms with Gasteiger partial charge in [-0.05, 0) is 66.5 Å². The van der Waals surface area contributed by atoms with Gasteiger partial charge in [0.25, 0.3) is 0 Å². The third-order valence-electron chi connectivity index (χ3n) is 5.34. The van der Waals surface area contributed by atoms with E-state index in [2.05, 4.69) is 51.7 Å². The monoisotopic (exact) mass is 418 g/mol. The SMILES string of the molecule is Cc1cc(C(C)(C)C)cc(C)c1CSc1ccc(S(=O)(=O)N2CCCC2)cn1. The van der Waals surface area contributed by atoms with Gasteiger partial charge in [0.1, 0.15) is 4.90 Å². The summed E-state index contributed by atoms with van der Waals surface area (Å²) in [7, 11) is -3.39. The van der Waals surface area contributed by atoms with E-state index in [1.54, 1.807) is 22.1 Å². The maximum Gasteiger partial charge on any atom is 0.244 e. The van der Waals surface area contributed by atoms with E-state index in [4.69, 9.17) is 0 Å². The molecule has 0 saturated carbocycles. The average molecular weight is 419 g/mol. The van der Waals surface area contributed by atoms with E-state index < -0.39 is 10.0 Å². The number of pyridine rings is 1. The number of hydrogen-bond donors (Lipinski definition) is 0. The van der Waals surface area contributed by atoms with E-state index in [1.807, 2.05) is 6.07 Å². The molecule has 4 nitrogen and oxygen atoms in total. The number of aryl methyl sites for hydroxylation is 2. The van der Waals surface area contributed by atoms with E-state index in [0.717, 1.165) is 23.6 Å². The van der Waals surface area contributed by atoms with Crippen LogP contribution in [0, 0.1) is 13.8 Å². The Bertz CT molecular complexity index is 916. The van der Waals surface area contributed by atoms with Gasteiger partial charge in [-0.2, -0.15) is 4.31 Å². The Labute approximate surface area is 173 Å². The normalized spacial score (nSPS) is 15.9. The van der Waals surface area contributed by atoms with Crippen molar-refractivity contribution in [3.8, 4) is 0 Å². The lowest BCUT2D eigenvalue weighted by atomic mass is 9.84. The van der Waals surface area contributed by atoms with Crippen LogP contribution < -0.4 is 0 Å². The van der Waals surface area contributed by atoms with Crippen molar-refractivity contribution >= 4 is 21.8 Å². The second-order valence-corrected chi connectivity index (χ2v) is 11.5. The highest BCUT2D eigenvalue weighted by atomic mass is 32.2. The van der Waals surface area contributed by atoms with Crippen LogP contribution in [-0.2, 0) is 21.2 Å². The molecule has 152 valence electrons. The number of rotatable bonds is 5. The van der Waals surface area contributed by atoms with Crippen molar-refractivity contribution in [1.82, 2.24) is 9.29 Å². The summed E-state index contributed by atoms with van der Waals surface area (Å²) in [6, 6.07) is 8.07. The van der Waals surface area contributed by atoms with Gasteiger partial charge in [0.05, 0.1) is 5.03 Å². The van der Waals surface area contributed by atoms with E-state index in [1.165, 1.54) is 28.5 Å². The van der Waals surface area contributed by atoms with E-state index in [9.17, 15) is 8.42 Å². The Morgan fingerprint density at radius 2 is 1.68 bits per heavy atom. The van der Waals surface area contributed by atoms with Crippen LogP contribution in [0.25, 0.3) is 0 Å². The standard InChI is InChI=1S/C22H30N2O2S2/c1-16-12-18(22(3,4)5)13-17(2)20(16)15-27-21-9-8-19(14-23-21)28(25,26)24-10-6-7-11-24/h8-9,12-14H,6-7,10-11,15H2,1-5H3. The summed E-state index contributed by atoms with van der Waals surface area (Å²) in [4.78, 5) is 4.70. The maximum absolute atomic E-state index is 12.6. The summed E-state index contributed by atoms with van der Waals surface area (Å²) in [6.07, 6.45) is 3.37. The van der Waals surface area contributed by atoms with Crippen LogP contribution in [0.1, 0.15) is 55.9 Å². The fourth-order valence-corrected chi connectivity index (χ4v) is 5.98. The van der Waals surface area contributed by atoms with Gasteiger partial charge < -0.3 is 0 Å². The topological polar surface area (TPSA) is 50.3 Å². The van der Waals surface area contributed by atoms with Gasteiger partial charge in [-0.15, -0.1) is 11.8 Å². The highest BCUT2D eigenvalue weighted by Crippen LogP contribution is 2.31. The minimum Gasteiger partial charge on any atom is -0.249 e. The molecule has 1 saturated heterocycles. The summed E-state index contributed by atoms with van der Waals surface area (Å²) in [5.41, 5.74) is 5.41. The van der Waals surface area contributed by atoms with Gasteiger partial charge >= 0.3 is 0 Å². The molecule has 2 heterocycles. The molecule has 0 radical (unpaired) electrons. The van der Waals surface area contributed by atoms with Crippen molar-refractivity contribution in [3.05, 3.63) is 52.7 Å². The first-order chi connectivity index (χ1) is 13.1. The van der Waals surface area contributed by atoms with Crippen molar-refractivity contribution in [2.24, 2.45) is 0 Å². The predicted octanol–water partition coefficient (Wildman–Crippen LogP) is 5.07. The van der Waals surface area contributed by atoms with Gasteiger partial charge in [0.15, 0.2) is 0 Å². The minimum atomic E-state index is -3.39. The van der Waals surface area contributed by atoms with Crippen LogP contribution in [0.15, 0.2) is 40.4 Å². The molecule has 1 aliphatic rings. The summed E-state index contributed by atoms with van der Waals surface area (Å²) >= 11 is 1.65. The van der Waals surface area contributed by atoms with Crippen molar-refractivity contribution in [1.29, 1.82) is 0 Å². The summed E-state index contributed by atoms with van der Waals surface area (Å²) in [5.74, 6) is 0.827. The number of aromatic nitrogens is 1. The lowest BCUT2D eigenvalue weighted by Gasteiger charge is -2.22. The molecule has 0 atom stereocenters. The number of benzene rings is 1. The predicted molar refractivity (Wildman–Crippen MR) is 116 cm³/mol. The molecule has 2 aromatic rings. The summed E-state index contributed by atoms with van der Waals surface area (Å²) in [6.45, 7) is 12.3. The molecule has 28 heavy (non-hydrogen) atoms. The molecule has 0 unspecified atom stereocenters. The van der Waals surface area contributed by atoms with Crippen molar-refractivity contribution in [2.45, 2.75) is 68.5 Å². The quantitative estimate of drug-likeness (QED) is 0.636. The molecule has 1 aliphatic heterocycles. The first-order valence-corrected chi connectivity index (χ1v) is 12.2. The highest BCUT2D eigenvalue weighted by Gasteiger charge is 2.27. The Balaban J connectivity index is 1.72. The summed E-state index contributed by atoms with van der Waals surface area (Å²) < 4.78 is 26.8. The van der Waals surface area contributed by atoms with Crippen LogP contribution in [0.2, 0.25) is 0 Å². The van der Waals surface area contributed by atoms with Crippen LogP contribution in [-0.4, -0.2) is 30.8 Å². The number of sulfonamides is 1. The van der Waals surface area contributed by atoms with Crippen molar-refractivity contribution in [2.75, 3.05) is 13.1 Å². The van der Waals surface area contributed by atoms with Gasteiger partial charge in [0.2, 0.25) is 10.0 Å². The average Bonchev–Trinajstić information content (AvgIpc) is 3.16. The molecule has 6 heteroatoms. The molecular weight excluding hydrogens is 388 g/mol. The molecule has 1 fully saturated rings. The van der Waals surface area contributed by atoms with Crippen LogP contribution in [0.5, 0.6) is 0 Å². The first kappa shape index (κ1) is 21.3. The largest absolute Gasteiger partial charge is 0.249 e. The summed E-state index contributed by atoms with van der Waals surface area (Å²) in [5, 5.41) is 0.846. The molecule has 1 aromatic heterocycles. The second-order valence-electron chi connectivity index (χ2n) is 8.57. The smallest absolute Gasteiger partial charge is 0.244 e. The number of nitrogens with zero attached hydrogens (tertiary/aromatic N) is 2. The zero-order valence-corrected chi connectivity index (χ0v) is 19.1. The molecule has 0 bridgehead atoms. The van der Waals surface area contributed by atoms with Gasteiger partial charge in [-0.1, -0.05) is 32.9 Å². The Hall–Kier alpha value is -1.37. The Kier molecular flexibility index (Phi) is 6.23. The second kappa shape index (κ2) is 8.17. The van der Waals surface area contributed by atoms with Gasteiger partial charge in [0, 0.05) is 25.0 Å². The zero-order valence-electron chi connectivity index (χ0n) is 17.4. The fourth-order valence-electron chi connectivity index (χ4n) is 3.48. The van der Waals surface area contributed by atoms with Gasteiger partial charge in [-0.25, -0.2) is 13.4 Å². The van der Waals surface area contributed by atoms with Crippen LogP contribution in [0.3, 0.4) is 0 Å². The lowest BCUT2D eigenvalue weighted by molar-refractivity contribution is 0.477. The molecule has 0 amide bonds. The zero-order chi connectivity index (χ0) is 20.5. The molecule has 0 N–H and O–H groups in total. The van der Waals surface area contributed by atoms with E-state index in [0.29, 0.717) is 18.0 Å². The van der Waals surface area contributed by atoms with Crippen molar-refractivity contribution < 1.29 is 8.42 Å². The Morgan fingerprint density at radius 3 is 2.18 bits per heavy atom. The Morgan fingerprint density at radius 1 is 1.07 bits per heavy atom. The fraction of sp³-hybridized carbons (Fsp3) is 0.500. The number of hydrogen-bond acceptors (Lipinski definition) is 4. The molecule has 1 aromatic carbocycles. The minimum absolute atomic E-state index is 0.138. The molecule has 0 spiro atoms.